The zero-order valence-corrected chi connectivity index (χ0v) is 22.4. The van der Waals surface area contributed by atoms with Crippen LogP contribution in [0.3, 0.4) is 0 Å². The van der Waals surface area contributed by atoms with E-state index in [0.29, 0.717) is 18.0 Å². The Bertz CT molecular complexity index is 1230. The first-order valence-corrected chi connectivity index (χ1v) is 14.1. The first-order valence-electron chi connectivity index (χ1n) is 11.5. The number of methoxy groups -OCH3 is 2. The summed E-state index contributed by atoms with van der Waals surface area (Å²) in [7, 11) is -1.10. The number of amides is 1. The van der Waals surface area contributed by atoms with Gasteiger partial charge < -0.3 is 14.8 Å². The molecule has 0 heterocycles. The SMILES string of the molecule is COc1ccc(OC)c(N(CC(=O)NCCCSCc2ccc(C)cc2)S(=O)(=O)c2ccccc2)c1. The van der Waals surface area contributed by atoms with Crippen molar-refractivity contribution in [3.8, 4) is 11.5 Å². The van der Waals surface area contributed by atoms with Gasteiger partial charge in [-0.05, 0) is 48.9 Å². The summed E-state index contributed by atoms with van der Waals surface area (Å²) in [5.74, 6) is 2.15. The Morgan fingerprint density at radius 3 is 2.36 bits per heavy atom. The van der Waals surface area contributed by atoms with Crippen molar-refractivity contribution >= 4 is 33.4 Å². The number of thioether (sulfide) groups is 1. The van der Waals surface area contributed by atoms with Crippen molar-refractivity contribution in [1.29, 1.82) is 0 Å². The van der Waals surface area contributed by atoms with E-state index in [9.17, 15) is 13.2 Å². The summed E-state index contributed by atoms with van der Waals surface area (Å²) in [6, 6.07) is 21.3. The number of hydrogen-bond donors (Lipinski definition) is 1. The van der Waals surface area contributed by atoms with Crippen molar-refractivity contribution in [3.63, 3.8) is 0 Å². The molecule has 0 aromatic heterocycles. The van der Waals surface area contributed by atoms with Gasteiger partial charge in [-0.1, -0.05) is 48.0 Å². The number of rotatable bonds is 13. The van der Waals surface area contributed by atoms with Crippen molar-refractivity contribution in [2.75, 3.05) is 37.4 Å². The maximum atomic E-state index is 13.6. The largest absolute Gasteiger partial charge is 0.497 e. The number of carbonyl (C=O) groups excluding carboxylic acids is 1. The summed E-state index contributed by atoms with van der Waals surface area (Å²) >= 11 is 1.80. The van der Waals surface area contributed by atoms with E-state index < -0.39 is 22.5 Å². The average Bonchev–Trinajstić information content (AvgIpc) is 2.90. The van der Waals surface area contributed by atoms with Gasteiger partial charge in [0.05, 0.1) is 24.8 Å². The minimum Gasteiger partial charge on any atom is -0.497 e. The molecule has 0 spiro atoms. The predicted octanol–water partition coefficient (Wildman–Crippen LogP) is 4.65. The highest BCUT2D eigenvalue weighted by atomic mass is 32.2. The summed E-state index contributed by atoms with van der Waals surface area (Å²) < 4.78 is 38.9. The van der Waals surface area contributed by atoms with Crippen LogP contribution in [0, 0.1) is 6.92 Å². The van der Waals surface area contributed by atoms with Crippen LogP contribution in [0.5, 0.6) is 11.5 Å². The maximum absolute atomic E-state index is 13.6. The van der Waals surface area contributed by atoms with Crippen LogP contribution in [0.1, 0.15) is 17.5 Å². The van der Waals surface area contributed by atoms with Gasteiger partial charge in [0.2, 0.25) is 5.91 Å². The quantitative estimate of drug-likeness (QED) is 0.325. The normalized spacial score (nSPS) is 11.1. The number of sulfonamides is 1. The standard InChI is InChI=1S/C27H32N2O5S2/c1-21-10-12-22(13-11-21)20-35-17-7-16-28-27(30)19-29(36(31,32)24-8-5-4-6-9-24)25-18-23(33-2)14-15-26(25)34-3/h4-6,8-15,18H,7,16-17,19-20H2,1-3H3,(H,28,30). The van der Waals surface area contributed by atoms with Crippen LogP contribution in [0.15, 0.2) is 77.7 Å². The minimum atomic E-state index is -4.05. The molecule has 0 unspecified atom stereocenters. The summed E-state index contributed by atoms with van der Waals surface area (Å²) in [5, 5.41) is 2.85. The van der Waals surface area contributed by atoms with Gasteiger partial charge in [-0.3, -0.25) is 9.10 Å². The number of ether oxygens (including phenoxy) is 2. The van der Waals surface area contributed by atoms with Gasteiger partial charge in [-0.25, -0.2) is 8.42 Å². The van der Waals surface area contributed by atoms with Crippen LogP contribution in [0.4, 0.5) is 5.69 Å². The lowest BCUT2D eigenvalue weighted by Gasteiger charge is -2.26. The number of carbonyl (C=O) groups is 1. The van der Waals surface area contributed by atoms with Crippen LogP contribution in [0.2, 0.25) is 0 Å². The Morgan fingerprint density at radius 2 is 1.69 bits per heavy atom. The topological polar surface area (TPSA) is 84.9 Å². The van der Waals surface area contributed by atoms with Crippen LogP contribution >= 0.6 is 11.8 Å². The monoisotopic (exact) mass is 528 g/mol. The molecule has 192 valence electrons. The van der Waals surface area contributed by atoms with Gasteiger partial charge in [0, 0.05) is 18.4 Å². The highest BCUT2D eigenvalue weighted by Crippen LogP contribution is 2.35. The van der Waals surface area contributed by atoms with Crippen LogP contribution < -0.4 is 19.1 Å². The van der Waals surface area contributed by atoms with E-state index >= 15 is 0 Å². The van der Waals surface area contributed by atoms with E-state index in [4.69, 9.17) is 9.47 Å². The molecule has 0 aliphatic heterocycles. The molecule has 3 aromatic rings. The molecule has 1 amide bonds. The minimum absolute atomic E-state index is 0.0789. The van der Waals surface area contributed by atoms with Crippen molar-refractivity contribution in [2.45, 2.75) is 24.0 Å². The third-order valence-electron chi connectivity index (χ3n) is 5.45. The number of aryl methyl sites for hydroxylation is 1. The van der Waals surface area contributed by atoms with Crippen molar-refractivity contribution in [3.05, 3.63) is 83.9 Å². The molecule has 1 N–H and O–H groups in total. The van der Waals surface area contributed by atoms with E-state index in [2.05, 4.69) is 36.5 Å². The fourth-order valence-electron chi connectivity index (χ4n) is 3.47. The van der Waals surface area contributed by atoms with Crippen molar-refractivity contribution in [2.24, 2.45) is 0 Å². The van der Waals surface area contributed by atoms with E-state index in [1.54, 1.807) is 48.2 Å². The molecule has 0 fully saturated rings. The zero-order valence-electron chi connectivity index (χ0n) is 20.8. The summed E-state index contributed by atoms with van der Waals surface area (Å²) in [6.45, 7) is 2.13. The smallest absolute Gasteiger partial charge is 0.264 e. The van der Waals surface area contributed by atoms with Gasteiger partial charge >= 0.3 is 0 Å². The van der Waals surface area contributed by atoms with E-state index in [1.165, 1.54) is 37.5 Å². The lowest BCUT2D eigenvalue weighted by Crippen LogP contribution is -2.41. The van der Waals surface area contributed by atoms with Gasteiger partial charge in [-0.2, -0.15) is 11.8 Å². The summed E-state index contributed by atoms with van der Waals surface area (Å²) in [4.78, 5) is 12.9. The third-order valence-corrected chi connectivity index (χ3v) is 8.34. The highest BCUT2D eigenvalue weighted by molar-refractivity contribution is 7.98. The van der Waals surface area contributed by atoms with Crippen molar-refractivity contribution in [1.82, 2.24) is 5.32 Å². The lowest BCUT2D eigenvalue weighted by atomic mass is 10.2. The average molecular weight is 529 g/mol. The molecule has 0 atom stereocenters. The summed E-state index contributed by atoms with van der Waals surface area (Å²) in [6.07, 6.45) is 0.774. The third kappa shape index (κ3) is 7.41. The van der Waals surface area contributed by atoms with E-state index in [0.717, 1.165) is 22.2 Å². The first-order chi connectivity index (χ1) is 17.3. The number of nitrogens with one attached hydrogen (secondary N) is 1. The predicted molar refractivity (Wildman–Crippen MR) is 145 cm³/mol. The first kappa shape index (κ1) is 27.4. The molecule has 0 saturated carbocycles. The molecule has 0 bridgehead atoms. The zero-order chi connectivity index (χ0) is 26.0. The highest BCUT2D eigenvalue weighted by Gasteiger charge is 2.29. The van der Waals surface area contributed by atoms with Gasteiger partial charge in [0.15, 0.2) is 0 Å². The molecule has 36 heavy (non-hydrogen) atoms. The molecule has 0 saturated heterocycles. The Morgan fingerprint density at radius 1 is 0.972 bits per heavy atom. The van der Waals surface area contributed by atoms with Crippen LogP contribution in [0.25, 0.3) is 0 Å². The fraction of sp³-hybridized carbons (Fsp3) is 0.296. The number of nitrogens with zero attached hydrogens (tertiary/aromatic N) is 1. The second-order valence-electron chi connectivity index (χ2n) is 8.10. The molecule has 0 radical (unpaired) electrons. The van der Waals surface area contributed by atoms with Crippen LogP contribution in [-0.2, 0) is 20.6 Å². The molecular weight excluding hydrogens is 496 g/mol. The number of anilines is 1. The molecular formula is C27H32N2O5S2. The van der Waals surface area contributed by atoms with E-state index in [1.807, 2.05) is 0 Å². The van der Waals surface area contributed by atoms with Crippen molar-refractivity contribution < 1.29 is 22.7 Å². The summed E-state index contributed by atoms with van der Waals surface area (Å²) in [5.41, 5.74) is 2.73. The lowest BCUT2D eigenvalue weighted by molar-refractivity contribution is -0.119. The molecule has 3 aromatic carbocycles. The Hall–Kier alpha value is -3.17. The fourth-order valence-corrected chi connectivity index (χ4v) is 5.84. The Labute approximate surface area is 217 Å². The molecule has 7 nitrogen and oxygen atoms in total. The van der Waals surface area contributed by atoms with Crippen LogP contribution in [-0.4, -0.2) is 47.4 Å². The van der Waals surface area contributed by atoms with Gasteiger partial charge in [0.25, 0.3) is 10.0 Å². The second kappa shape index (κ2) is 13.2. The molecule has 3 rings (SSSR count). The molecule has 9 heteroatoms. The van der Waals surface area contributed by atoms with Gasteiger partial charge in [-0.15, -0.1) is 0 Å². The molecule has 0 aliphatic rings. The number of benzene rings is 3. The Balaban J connectivity index is 1.66. The number of hydrogen-bond acceptors (Lipinski definition) is 6. The van der Waals surface area contributed by atoms with Gasteiger partial charge in [0.1, 0.15) is 18.0 Å². The maximum Gasteiger partial charge on any atom is 0.264 e. The molecule has 0 aliphatic carbocycles. The Kier molecular flexibility index (Phi) is 10.1. The van der Waals surface area contributed by atoms with E-state index in [-0.39, 0.29) is 10.6 Å². The second-order valence-corrected chi connectivity index (χ2v) is 11.1.